The van der Waals surface area contributed by atoms with Gasteiger partial charge in [0.15, 0.2) is 34.7 Å². The van der Waals surface area contributed by atoms with Gasteiger partial charge in [-0.2, -0.15) is 0 Å². The van der Waals surface area contributed by atoms with Crippen LogP contribution in [0.25, 0.3) is 0 Å². The summed E-state index contributed by atoms with van der Waals surface area (Å²) in [4.78, 5) is 0. The van der Waals surface area contributed by atoms with Crippen LogP contribution >= 0.6 is 0 Å². The van der Waals surface area contributed by atoms with E-state index < -0.39 is 34.7 Å². The molecule has 0 amide bonds. The molecule has 0 radical (unpaired) electrons. The Morgan fingerprint density at radius 2 is 1.46 bits per heavy atom. The molecule has 2 nitrogen and oxygen atoms in total. The number of rotatable bonds is 8. The van der Waals surface area contributed by atoms with E-state index in [1.54, 1.807) is 0 Å². The molecule has 0 aliphatic heterocycles. The number of hydrogen-bond acceptors (Lipinski definition) is 2. The van der Waals surface area contributed by atoms with Crippen molar-refractivity contribution >= 4 is 34.7 Å². The molecule has 142 valence electrons. The largest absolute Gasteiger partial charge is 0.458 e. The van der Waals surface area contributed by atoms with Crippen LogP contribution in [0.3, 0.4) is 0 Å². The van der Waals surface area contributed by atoms with E-state index in [4.69, 9.17) is 8.23 Å². The molecule has 6 heteroatoms. The highest BCUT2D eigenvalue weighted by Gasteiger charge is 2.49. The van der Waals surface area contributed by atoms with Crippen molar-refractivity contribution < 1.29 is 8.23 Å². The average molecular weight is 403 g/mol. The lowest BCUT2D eigenvalue weighted by molar-refractivity contribution is 0.237. The molecule has 0 aromatic rings. The van der Waals surface area contributed by atoms with Crippen LogP contribution in [0.1, 0.15) is 32.1 Å². The van der Waals surface area contributed by atoms with Gasteiger partial charge in [0.1, 0.15) is 0 Å². The monoisotopic (exact) mass is 402 g/mol. The standard InChI is InChI=1S/C18H42O2Si4/c1-21(2)19-23(5,6)12-11-15-9-10-16-13-17(15)14-18(16)24(7,8)20-22(3)4/h15-18,21-22H,9-14H2,1-8H3. The van der Waals surface area contributed by atoms with E-state index in [0.29, 0.717) is 0 Å². The van der Waals surface area contributed by atoms with Crippen molar-refractivity contribution in [3.63, 3.8) is 0 Å². The zero-order valence-corrected chi connectivity index (χ0v) is 21.8. The smallest absolute Gasteiger partial charge is 0.176 e. The van der Waals surface area contributed by atoms with Gasteiger partial charge in [-0.15, -0.1) is 0 Å². The zero-order chi connectivity index (χ0) is 18.1. The van der Waals surface area contributed by atoms with E-state index in [-0.39, 0.29) is 0 Å². The maximum atomic E-state index is 6.59. The summed E-state index contributed by atoms with van der Waals surface area (Å²) in [7, 11) is -4.66. The molecule has 0 aromatic heterocycles. The summed E-state index contributed by atoms with van der Waals surface area (Å²) >= 11 is 0. The van der Waals surface area contributed by atoms with E-state index in [0.717, 1.165) is 23.3 Å². The van der Waals surface area contributed by atoms with E-state index in [2.05, 4.69) is 52.4 Å². The fourth-order valence-corrected chi connectivity index (χ4v) is 20.2. The van der Waals surface area contributed by atoms with Crippen molar-refractivity contribution in [1.82, 2.24) is 0 Å². The third-order valence-corrected chi connectivity index (χ3v) is 19.1. The van der Waals surface area contributed by atoms with Crippen molar-refractivity contribution in [3.8, 4) is 0 Å². The highest BCUT2D eigenvalue weighted by atomic mass is 28.4. The SMILES string of the molecule is C[SiH](C)O[Si](C)(C)CCC1CCC2CC1CC2[Si](C)(C)O[SiH](C)C. The molecule has 2 bridgehead atoms. The summed E-state index contributed by atoms with van der Waals surface area (Å²) in [6.07, 6.45) is 7.40. The van der Waals surface area contributed by atoms with E-state index >= 15 is 0 Å². The second-order valence-electron chi connectivity index (χ2n) is 10.2. The minimum atomic E-state index is -1.48. The Kier molecular flexibility index (Phi) is 7.22. The second kappa shape index (κ2) is 8.21. The molecule has 2 aliphatic rings. The van der Waals surface area contributed by atoms with Gasteiger partial charge in [-0.05, 0) is 101 Å². The van der Waals surface area contributed by atoms with Gasteiger partial charge in [0.2, 0.25) is 0 Å². The zero-order valence-electron chi connectivity index (χ0n) is 17.5. The summed E-state index contributed by atoms with van der Waals surface area (Å²) < 4.78 is 13.0. The van der Waals surface area contributed by atoms with Crippen LogP contribution in [0.5, 0.6) is 0 Å². The van der Waals surface area contributed by atoms with Gasteiger partial charge >= 0.3 is 0 Å². The Morgan fingerprint density at radius 1 is 0.833 bits per heavy atom. The first-order valence-electron chi connectivity index (χ1n) is 10.4. The lowest BCUT2D eigenvalue weighted by atomic mass is 9.78. The molecule has 2 aliphatic carbocycles. The van der Waals surface area contributed by atoms with Crippen LogP contribution in [-0.2, 0) is 8.23 Å². The van der Waals surface area contributed by atoms with Gasteiger partial charge in [0.25, 0.3) is 0 Å². The topological polar surface area (TPSA) is 18.5 Å². The molecule has 0 heterocycles. The number of hydrogen-bond donors (Lipinski definition) is 0. The minimum absolute atomic E-state index is 0.877. The van der Waals surface area contributed by atoms with Crippen molar-refractivity contribution in [2.45, 2.75) is 96.1 Å². The summed E-state index contributed by atoms with van der Waals surface area (Å²) in [5, 5.41) is 0. The molecule has 0 spiro atoms. The summed E-state index contributed by atoms with van der Waals surface area (Å²) in [5.41, 5.74) is 0.937. The Labute approximate surface area is 156 Å². The molecule has 2 fully saturated rings. The maximum Gasteiger partial charge on any atom is 0.176 e. The first-order chi connectivity index (χ1) is 11.0. The van der Waals surface area contributed by atoms with Crippen molar-refractivity contribution in [2.75, 3.05) is 0 Å². The van der Waals surface area contributed by atoms with Crippen molar-refractivity contribution in [3.05, 3.63) is 0 Å². The van der Waals surface area contributed by atoms with Crippen LogP contribution in [0.15, 0.2) is 0 Å². The Bertz CT molecular complexity index is 412. The average Bonchev–Trinajstić information content (AvgIpc) is 2.74. The van der Waals surface area contributed by atoms with Gasteiger partial charge in [-0.25, -0.2) is 0 Å². The molecule has 0 N–H and O–H groups in total. The first-order valence-corrected chi connectivity index (χ1v) is 22.0. The van der Waals surface area contributed by atoms with Gasteiger partial charge in [0.05, 0.1) is 0 Å². The third-order valence-electron chi connectivity index (χ3n) is 6.41. The van der Waals surface area contributed by atoms with Crippen molar-refractivity contribution in [2.24, 2.45) is 17.8 Å². The normalized spacial score (nSPS) is 31.2. The Hall–Kier alpha value is 0.788. The fourth-order valence-electron chi connectivity index (χ4n) is 5.69. The predicted octanol–water partition coefficient (Wildman–Crippen LogP) is 5.59. The van der Waals surface area contributed by atoms with E-state index in [1.165, 1.54) is 38.1 Å². The molecule has 4 unspecified atom stereocenters. The summed E-state index contributed by atoms with van der Waals surface area (Å²) in [5.74, 6) is 2.97. The Balaban J connectivity index is 1.91. The Morgan fingerprint density at radius 3 is 2.04 bits per heavy atom. The third kappa shape index (κ3) is 5.64. The van der Waals surface area contributed by atoms with Gasteiger partial charge in [0, 0.05) is 0 Å². The molecule has 2 saturated carbocycles. The van der Waals surface area contributed by atoms with Crippen LogP contribution < -0.4 is 0 Å². The molecular weight excluding hydrogens is 361 g/mol. The predicted molar refractivity (Wildman–Crippen MR) is 117 cm³/mol. The molecule has 4 atom stereocenters. The highest BCUT2D eigenvalue weighted by molar-refractivity contribution is 6.79. The summed E-state index contributed by atoms with van der Waals surface area (Å²) in [6.45, 7) is 19.3. The molecule has 0 saturated heterocycles. The van der Waals surface area contributed by atoms with Crippen LogP contribution in [-0.4, -0.2) is 34.7 Å². The van der Waals surface area contributed by atoms with Gasteiger partial charge < -0.3 is 8.23 Å². The van der Waals surface area contributed by atoms with Gasteiger partial charge in [-0.3, -0.25) is 0 Å². The van der Waals surface area contributed by atoms with Crippen molar-refractivity contribution in [1.29, 1.82) is 0 Å². The fraction of sp³-hybridized carbons (Fsp3) is 1.00. The van der Waals surface area contributed by atoms with Crippen LogP contribution in [0.4, 0.5) is 0 Å². The maximum absolute atomic E-state index is 6.59. The van der Waals surface area contributed by atoms with Crippen LogP contribution in [0, 0.1) is 17.8 Å². The molecule has 24 heavy (non-hydrogen) atoms. The molecule has 0 aromatic carbocycles. The highest BCUT2D eigenvalue weighted by Crippen LogP contribution is 2.56. The molecular formula is C18H42O2Si4. The number of fused-ring (bicyclic) bond motifs is 2. The van der Waals surface area contributed by atoms with E-state index in [1.807, 2.05) is 0 Å². The first kappa shape index (κ1) is 21.1. The minimum Gasteiger partial charge on any atom is -0.458 e. The van der Waals surface area contributed by atoms with Gasteiger partial charge in [-0.1, -0.05) is 12.8 Å². The lowest BCUT2D eigenvalue weighted by Gasteiger charge is -2.36. The lowest BCUT2D eigenvalue weighted by Crippen LogP contribution is -2.41. The van der Waals surface area contributed by atoms with E-state index in [9.17, 15) is 0 Å². The van der Waals surface area contributed by atoms with Crippen LogP contribution in [0.2, 0.25) is 64.0 Å². The second-order valence-corrected chi connectivity index (χ2v) is 24.2. The summed E-state index contributed by atoms with van der Waals surface area (Å²) in [6, 6.07) is 1.38. The quantitative estimate of drug-likeness (QED) is 0.492. The molecule has 2 rings (SSSR count).